The number of carbonyl (C=O) groups is 2. The van der Waals surface area contributed by atoms with Crippen LogP contribution in [0.25, 0.3) is 0 Å². The van der Waals surface area contributed by atoms with Gasteiger partial charge < -0.3 is 19.5 Å². The van der Waals surface area contributed by atoms with Gasteiger partial charge in [-0.05, 0) is 37.6 Å². The molecule has 0 aliphatic rings. The molecule has 0 radical (unpaired) electrons. The lowest BCUT2D eigenvalue weighted by Crippen LogP contribution is -2.41. The Balaban J connectivity index is 2.55. The lowest BCUT2D eigenvalue weighted by Gasteiger charge is -2.28. The topological polar surface area (TPSA) is 73.9 Å². The first-order valence-corrected chi connectivity index (χ1v) is 9.69. The van der Waals surface area contributed by atoms with E-state index in [1.165, 1.54) is 45.2 Å². The third-order valence-electron chi connectivity index (χ3n) is 4.44. The smallest absolute Gasteiger partial charge is 0.381 e. The SMILES string of the molecule is CCOC(=O)C(F)(F)c1ccc(OC)c(NC(c2ccccc2)C(F)(F)C(=O)OCC)c1. The van der Waals surface area contributed by atoms with Crippen LogP contribution in [-0.4, -0.2) is 38.2 Å². The number of alkyl halides is 4. The van der Waals surface area contributed by atoms with Crippen molar-refractivity contribution in [3.63, 3.8) is 0 Å². The number of anilines is 1. The molecule has 0 aromatic heterocycles. The van der Waals surface area contributed by atoms with E-state index in [-0.39, 0.29) is 30.2 Å². The second-order valence-corrected chi connectivity index (χ2v) is 6.54. The number of nitrogens with one attached hydrogen (secondary N) is 1. The Hall–Kier alpha value is -3.30. The van der Waals surface area contributed by atoms with Gasteiger partial charge >= 0.3 is 23.8 Å². The molecule has 1 N–H and O–H groups in total. The van der Waals surface area contributed by atoms with Crippen LogP contribution in [0.4, 0.5) is 23.2 Å². The number of benzene rings is 2. The van der Waals surface area contributed by atoms with E-state index >= 15 is 8.78 Å². The number of methoxy groups -OCH3 is 1. The third kappa shape index (κ3) is 5.30. The van der Waals surface area contributed by atoms with Gasteiger partial charge in [-0.3, -0.25) is 0 Å². The van der Waals surface area contributed by atoms with E-state index in [0.717, 1.165) is 18.2 Å². The number of hydrogen-bond acceptors (Lipinski definition) is 6. The Labute approximate surface area is 182 Å². The van der Waals surface area contributed by atoms with Gasteiger partial charge in [-0.15, -0.1) is 0 Å². The molecule has 6 nitrogen and oxygen atoms in total. The molecule has 2 aromatic rings. The summed E-state index contributed by atoms with van der Waals surface area (Å²) in [5.41, 5.74) is -1.09. The average Bonchev–Trinajstić information content (AvgIpc) is 2.78. The summed E-state index contributed by atoms with van der Waals surface area (Å²) in [6, 6.07) is 8.06. The molecule has 0 aliphatic heterocycles. The summed E-state index contributed by atoms with van der Waals surface area (Å²) in [6.07, 6.45) is 0. The van der Waals surface area contributed by atoms with Crippen LogP contribution >= 0.6 is 0 Å². The quantitative estimate of drug-likeness (QED) is 0.412. The summed E-state index contributed by atoms with van der Waals surface area (Å²) >= 11 is 0. The highest BCUT2D eigenvalue weighted by molar-refractivity contribution is 5.81. The van der Waals surface area contributed by atoms with Crippen molar-refractivity contribution in [2.75, 3.05) is 25.6 Å². The molecule has 0 aliphatic carbocycles. The van der Waals surface area contributed by atoms with E-state index in [0.29, 0.717) is 0 Å². The average molecular weight is 457 g/mol. The molecule has 32 heavy (non-hydrogen) atoms. The molecule has 2 rings (SSSR count). The summed E-state index contributed by atoms with van der Waals surface area (Å²) in [4.78, 5) is 23.7. The van der Waals surface area contributed by atoms with Crippen molar-refractivity contribution >= 4 is 17.6 Å². The van der Waals surface area contributed by atoms with Crippen molar-refractivity contribution in [3.8, 4) is 5.75 Å². The van der Waals surface area contributed by atoms with Gasteiger partial charge in [-0.25, -0.2) is 9.59 Å². The van der Waals surface area contributed by atoms with E-state index in [1.807, 2.05) is 0 Å². The highest BCUT2D eigenvalue weighted by atomic mass is 19.3. The van der Waals surface area contributed by atoms with Gasteiger partial charge in [0.25, 0.3) is 0 Å². The van der Waals surface area contributed by atoms with Crippen LogP contribution in [0.5, 0.6) is 5.75 Å². The van der Waals surface area contributed by atoms with E-state index in [1.54, 1.807) is 6.07 Å². The number of hydrogen-bond donors (Lipinski definition) is 1. The second-order valence-electron chi connectivity index (χ2n) is 6.54. The van der Waals surface area contributed by atoms with Gasteiger partial charge in [0.15, 0.2) is 0 Å². The van der Waals surface area contributed by atoms with Gasteiger partial charge in [0.05, 0.1) is 26.0 Å². The molecule has 174 valence electrons. The predicted octanol–water partition coefficient (Wildman–Crippen LogP) is 4.70. The maximum Gasteiger partial charge on any atom is 0.381 e. The van der Waals surface area contributed by atoms with Crippen molar-refractivity contribution in [3.05, 3.63) is 59.7 Å². The molecule has 2 aromatic carbocycles. The molecular formula is C22H23F4NO5. The molecule has 0 saturated heterocycles. The van der Waals surface area contributed by atoms with Crippen LogP contribution in [0.2, 0.25) is 0 Å². The van der Waals surface area contributed by atoms with Gasteiger partial charge in [0.1, 0.15) is 11.8 Å². The van der Waals surface area contributed by atoms with Crippen molar-refractivity contribution in [1.82, 2.24) is 0 Å². The lowest BCUT2D eigenvalue weighted by molar-refractivity contribution is -0.174. The first kappa shape index (κ1) is 25.0. The van der Waals surface area contributed by atoms with Crippen LogP contribution < -0.4 is 10.1 Å². The fourth-order valence-electron chi connectivity index (χ4n) is 2.89. The zero-order valence-corrected chi connectivity index (χ0v) is 17.7. The van der Waals surface area contributed by atoms with Crippen molar-refractivity contribution in [2.45, 2.75) is 31.7 Å². The standard InChI is InChI=1S/C22H23F4NO5/c1-4-31-19(28)21(23,24)15-11-12-17(30-3)16(13-15)27-18(14-9-7-6-8-10-14)22(25,26)20(29)32-5-2/h6-13,18,27H,4-5H2,1-3H3. The Kier molecular flexibility index (Phi) is 8.07. The minimum Gasteiger partial charge on any atom is -0.495 e. The fraction of sp³-hybridized carbons (Fsp3) is 0.364. The Bertz CT molecular complexity index is 937. The summed E-state index contributed by atoms with van der Waals surface area (Å²) in [5.74, 6) is -11.7. The lowest BCUT2D eigenvalue weighted by atomic mass is 9.99. The number of rotatable bonds is 10. The predicted molar refractivity (Wildman–Crippen MR) is 108 cm³/mol. The van der Waals surface area contributed by atoms with Gasteiger partial charge in [0, 0.05) is 5.56 Å². The van der Waals surface area contributed by atoms with Crippen LogP contribution in [0.3, 0.4) is 0 Å². The van der Waals surface area contributed by atoms with Crippen molar-refractivity contribution in [1.29, 1.82) is 0 Å². The molecule has 0 bridgehead atoms. The van der Waals surface area contributed by atoms with Crippen LogP contribution in [-0.2, 0) is 25.0 Å². The maximum absolute atomic E-state index is 15.0. The monoisotopic (exact) mass is 457 g/mol. The second kappa shape index (κ2) is 10.3. The Morgan fingerprint density at radius 3 is 2.09 bits per heavy atom. The van der Waals surface area contributed by atoms with Gasteiger partial charge in [-0.1, -0.05) is 30.3 Å². The van der Waals surface area contributed by atoms with Crippen molar-refractivity contribution < 1.29 is 41.4 Å². The molecule has 0 spiro atoms. The molecule has 1 unspecified atom stereocenters. The number of carbonyl (C=O) groups excluding carboxylic acids is 2. The van der Waals surface area contributed by atoms with Crippen LogP contribution in [0, 0.1) is 0 Å². The van der Waals surface area contributed by atoms with E-state index in [9.17, 15) is 18.4 Å². The number of halogens is 4. The molecule has 10 heteroatoms. The van der Waals surface area contributed by atoms with Crippen LogP contribution in [0.1, 0.15) is 31.0 Å². The summed E-state index contributed by atoms with van der Waals surface area (Å²) < 4.78 is 73.1. The molecule has 0 heterocycles. The normalized spacial score (nSPS) is 12.6. The van der Waals surface area contributed by atoms with E-state index in [2.05, 4.69) is 14.8 Å². The first-order valence-electron chi connectivity index (χ1n) is 9.69. The fourth-order valence-corrected chi connectivity index (χ4v) is 2.89. The largest absolute Gasteiger partial charge is 0.495 e. The zero-order valence-electron chi connectivity index (χ0n) is 17.7. The van der Waals surface area contributed by atoms with Gasteiger partial charge in [-0.2, -0.15) is 17.6 Å². The molecular weight excluding hydrogens is 434 g/mol. The maximum atomic E-state index is 15.0. The van der Waals surface area contributed by atoms with E-state index < -0.39 is 35.4 Å². The Morgan fingerprint density at radius 1 is 0.938 bits per heavy atom. The zero-order chi connectivity index (χ0) is 23.9. The molecule has 1 atom stereocenters. The number of ether oxygens (including phenoxy) is 3. The minimum atomic E-state index is -4.07. The third-order valence-corrected chi connectivity index (χ3v) is 4.44. The summed E-state index contributed by atoms with van der Waals surface area (Å²) in [7, 11) is 1.21. The minimum absolute atomic E-state index is 0.00448. The highest BCUT2D eigenvalue weighted by Crippen LogP contribution is 2.40. The van der Waals surface area contributed by atoms with E-state index in [4.69, 9.17) is 4.74 Å². The number of esters is 2. The first-order chi connectivity index (χ1) is 15.1. The Morgan fingerprint density at radius 2 is 1.53 bits per heavy atom. The summed E-state index contributed by atoms with van der Waals surface area (Å²) in [5, 5.41) is 2.42. The van der Waals surface area contributed by atoms with Gasteiger partial charge in [0.2, 0.25) is 0 Å². The molecule has 0 amide bonds. The molecule has 0 saturated carbocycles. The van der Waals surface area contributed by atoms with Crippen LogP contribution in [0.15, 0.2) is 48.5 Å². The highest BCUT2D eigenvalue weighted by Gasteiger charge is 2.50. The molecule has 0 fully saturated rings. The summed E-state index contributed by atoms with van der Waals surface area (Å²) in [6.45, 7) is 2.21. The van der Waals surface area contributed by atoms with Crippen molar-refractivity contribution in [2.24, 2.45) is 0 Å².